The maximum Gasteiger partial charge on any atom is 0.139 e. The molecule has 0 N–H and O–H groups in total. The normalized spacial score (nSPS) is 37.5. The Morgan fingerprint density at radius 1 is 1.09 bits per heavy atom. The van der Waals surface area contributed by atoms with E-state index in [0.717, 1.165) is 19.3 Å². The number of carbonyl (C=O) groups excluding carboxylic acids is 2. The van der Waals surface area contributed by atoms with Crippen molar-refractivity contribution >= 4 is 11.6 Å². The van der Waals surface area contributed by atoms with Crippen LogP contribution in [0, 0.1) is 5.41 Å². The second kappa shape index (κ2) is 2.16. The van der Waals surface area contributed by atoms with E-state index in [1.807, 2.05) is 0 Å². The molecule has 0 radical (unpaired) electrons. The number of ketones is 2. The first-order chi connectivity index (χ1) is 5.23. The predicted molar refractivity (Wildman–Crippen MR) is 40.1 cm³/mol. The van der Waals surface area contributed by atoms with E-state index in [9.17, 15) is 9.59 Å². The fraction of sp³-hybridized carbons (Fsp3) is 0.778. The van der Waals surface area contributed by atoms with Gasteiger partial charge in [-0.25, -0.2) is 0 Å². The lowest BCUT2D eigenvalue weighted by Crippen LogP contribution is -2.21. The number of rotatable bonds is 0. The smallest absolute Gasteiger partial charge is 0.139 e. The summed E-state index contributed by atoms with van der Waals surface area (Å²) >= 11 is 0. The molecular formula is C9H12O2. The summed E-state index contributed by atoms with van der Waals surface area (Å²) < 4.78 is 0. The molecule has 2 aliphatic rings. The monoisotopic (exact) mass is 152 g/mol. The SMILES string of the molecule is O=C1CC[C@]2(CCCC2=O)C1. The Bertz CT molecular complexity index is 220. The standard InChI is InChI=1S/C9H12O2/c10-7-3-5-9(6-7)4-1-2-8(9)11/h1-6H2/t9-/m1/s1. The van der Waals surface area contributed by atoms with Gasteiger partial charge in [0.15, 0.2) is 0 Å². The molecule has 2 heteroatoms. The van der Waals surface area contributed by atoms with E-state index in [0.29, 0.717) is 30.8 Å². The topological polar surface area (TPSA) is 34.1 Å². The molecule has 11 heavy (non-hydrogen) atoms. The summed E-state index contributed by atoms with van der Waals surface area (Å²) in [6, 6.07) is 0. The zero-order valence-corrected chi connectivity index (χ0v) is 6.56. The van der Waals surface area contributed by atoms with Gasteiger partial charge in [0.2, 0.25) is 0 Å². The molecule has 0 bridgehead atoms. The van der Waals surface area contributed by atoms with Gasteiger partial charge in [0.1, 0.15) is 11.6 Å². The van der Waals surface area contributed by atoms with Crippen LogP contribution in [-0.2, 0) is 9.59 Å². The molecule has 2 aliphatic carbocycles. The summed E-state index contributed by atoms with van der Waals surface area (Å²) in [5.41, 5.74) is -0.170. The minimum atomic E-state index is -0.170. The zero-order valence-electron chi connectivity index (χ0n) is 6.56. The Balaban J connectivity index is 2.22. The summed E-state index contributed by atoms with van der Waals surface area (Å²) in [7, 11) is 0. The Morgan fingerprint density at radius 3 is 2.36 bits per heavy atom. The lowest BCUT2D eigenvalue weighted by molar-refractivity contribution is -0.127. The largest absolute Gasteiger partial charge is 0.300 e. The van der Waals surface area contributed by atoms with Crippen molar-refractivity contribution < 1.29 is 9.59 Å². The highest BCUT2D eigenvalue weighted by Gasteiger charge is 2.46. The lowest BCUT2D eigenvalue weighted by atomic mass is 9.84. The van der Waals surface area contributed by atoms with Gasteiger partial charge in [-0.3, -0.25) is 9.59 Å². The van der Waals surface area contributed by atoms with Crippen molar-refractivity contribution in [1.29, 1.82) is 0 Å². The van der Waals surface area contributed by atoms with Crippen LogP contribution in [0.1, 0.15) is 38.5 Å². The molecule has 0 aromatic heterocycles. The van der Waals surface area contributed by atoms with E-state index in [1.54, 1.807) is 0 Å². The van der Waals surface area contributed by atoms with Crippen molar-refractivity contribution in [3.63, 3.8) is 0 Å². The summed E-state index contributed by atoms with van der Waals surface area (Å²) in [4.78, 5) is 22.4. The van der Waals surface area contributed by atoms with E-state index >= 15 is 0 Å². The third kappa shape index (κ3) is 0.924. The van der Waals surface area contributed by atoms with Crippen LogP contribution in [0.15, 0.2) is 0 Å². The molecule has 2 saturated carbocycles. The lowest BCUT2D eigenvalue weighted by Gasteiger charge is -2.17. The first kappa shape index (κ1) is 7.01. The molecule has 2 rings (SSSR count). The maximum atomic E-state index is 11.4. The number of hydrogen-bond acceptors (Lipinski definition) is 2. The third-order valence-electron chi connectivity index (χ3n) is 3.07. The Morgan fingerprint density at radius 2 is 1.91 bits per heavy atom. The molecule has 60 valence electrons. The van der Waals surface area contributed by atoms with Crippen LogP contribution in [0.3, 0.4) is 0 Å². The molecule has 0 saturated heterocycles. The first-order valence-corrected chi connectivity index (χ1v) is 4.28. The molecule has 0 heterocycles. The molecule has 0 unspecified atom stereocenters. The van der Waals surface area contributed by atoms with Gasteiger partial charge in [-0.15, -0.1) is 0 Å². The van der Waals surface area contributed by atoms with Crippen LogP contribution < -0.4 is 0 Å². The predicted octanol–water partition coefficient (Wildman–Crippen LogP) is 1.48. The van der Waals surface area contributed by atoms with E-state index in [1.165, 1.54) is 0 Å². The van der Waals surface area contributed by atoms with Crippen LogP contribution in [0.2, 0.25) is 0 Å². The summed E-state index contributed by atoms with van der Waals surface area (Å²) in [6.45, 7) is 0. The van der Waals surface area contributed by atoms with Crippen molar-refractivity contribution in [3.8, 4) is 0 Å². The van der Waals surface area contributed by atoms with Gasteiger partial charge in [0.05, 0.1) is 0 Å². The van der Waals surface area contributed by atoms with Crippen LogP contribution >= 0.6 is 0 Å². The van der Waals surface area contributed by atoms with E-state index in [-0.39, 0.29) is 5.41 Å². The Labute approximate surface area is 66.0 Å². The second-order valence-electron chi connectivity index (χ2n) is 3.77. The summed E-state index contributed by atoms with van der Waals surface area (Å²) in [5.74, 6) is 0.642. The number of hydrogen-bond donors (Lipinski definition) is 0. The first-order valence-electron chi connectivity index (χ1n) is 4.28. The molecular weight excluding hydrogens is 140 g/mol. The highest BCUT2D eigenvalue weighted by Crippen LogP contribution is 2.46. The molecule has 0 aliphatic heterocycles. The molecule has 0 aromatic carbocycles. The van der Waals surface area contributed by atoms with Crippen LogP contribution in [0.25, 0.3) is 0 Å². The van der Waals surface area contributed by atoms with E-state index in [4.69, 9.17) is 0 Å². The Hall–Kier alpha value is -0.660. The second-order valence-corrected chi connectivity index (χ2v) is 3.77. The van der Waals surface area contributed by atoms with Gasteiger partial charge in [-0.1, -0.05) is 0 Å². The molecule has 1 spiro atoms. The third-order valence-corrected chi connectivity index (χ3v) is 3.07. The van der Waals surface area contributed by atoms with Gasteiger partial charge < -0.3 is 0 Å². The zero-order chi connectivity index (χ0) is 7.90. The molecule has 1 atom stereocenters. The maximum absolute atomic E-state index is 11.4. The van der Waals surface area contributed by atoms with Crippen molar-refractivity contribution in [2.75, 3.05) is 0 Å². The minimum Gasteiger partial charge on any atom is -0.300 e. The van der Waals surface area contributed by atoms with Gasteiger partial charge in [-0.2, -0.15) is 0 Å². The molecule has 0 amide bonds. The van der Waals surface area contributed by atoms with Gasteiger partial charge in [-0.05, 0) is 19.3 Å². The number of Topliss-reactive ketones (excluding diaryl/α,β-unsaturated/α-hetero) is 2. The van der Waals surface area contributed by atoms with Crippen molar-refractivity contribution in [2.24, 2.45) is 5.41 Å². The molecule has 2 fully saturated rings. The number of carbonyl (C=O) groups is 2. The van der Waals surface area contributed by atoms with Crippen LogP contribution in [-0.4, -0.2) is 11.6 Å². The van der Waals surface area contributed by atoms with E-state index in [2.05, 4.69) is 0 Å². The van der Waals surface area contributed by atoms with Crippen molar-refractivity contribution in [3.05, 3.63) is 0 Å². The van der Waals surface area contributed by atoms with Crippen LogP contribution in [0.4, 0.5) is 0 Å². The fourth-order valence-electron chi connectivity index (χ4n) is 2.38. The molecule has 2 nitrogen and oxygen atoms in total. The minimum absolute atomic E-state index is 0.170. The average molecular weight is 152 g/mol. The Kier molecular flexibility index (Phi) is 1.38. The summed E-state index contributed by atoms with van der Waals surface area (Å²) in [5, 5.41) is 0. The highest BCUT2D eigenvalue weighted by molar-refractivity contribution is 5.95. The van der Waals surface area contributed by atoms with Crippen LogP contribution in [0.5, 0.6) is 0 Å². The van der Waals surface area contributed by atoms with Crippen molar-refractivity contribution in [2.45, 2.75) is 38.5 Å². The fourth-order valence-corrected chi connectivity index (χ4v) is 2.38. The average Bonchev–Trinajstić information content (AvgIpc) is 2.46. The molecule has 0 aromatic rings. The van der Waals surface area contributed by atoms with Gasteiger partial charge in [0, 0.05) is 24.7 Å². The van der Waals surface area contributed by atoms with E-state index < -0.39 is 0 Å². The highest BCUT2D eigenvalue weighted by atomic mass is 16.1. The van der Waals surface area contributed by atoms with Gasteiger partial charge >= 0.3 is 0 Å². The van der Waals surface area contributed by atoms with Crippen molar-refractivity contribution in [1.82, 2.24) is 0 Å². The van der Waals surface area contributed by atoms with Gasteiger partial charge in [0.25, 0.3) is 0 Å². The summed E-state index contributed by atoms with van der Waals surface area (Å²) in [6.07, 6.45) is 4.72. The quantitative estimate of drug-likeness (QED) is 0.527.